The van der Waals surface area contributed by atoms with Gasteiger partial charge in [-0.3, -0.25) is 0 Å². The van der Waals surface area contributed by atoms with E-state index in [1.54, 1.807) is 14.0 Å². The van der Waals surface area contributed by atoms with E-state index in [-0.39, 0.29) is 5.75 Å². The van der Waals surface area contributed by atoms with E-state index in [1.165, 1.54) is 4.31 Å². The summed E-state index contributed by atoms with van der Waals surface area (Å²) in [6, 6.07) is 0.563. The van der Waals surface area contributed by atoms with Crippen LogP contribution in [0.3, 0.4) is 0 Å². The third-order valence-corrected chi connectivity index (χ3v) is 4.77. The molecule has 0 aliphatic rings. The summed E-state index contributed by atoms with van der Waals surface area (Å²) in [5.41, 5.74) is 0. The normalized spacial score (nSPS) is 12.6. The minimum Gasteiger partial charge on any atom is -0.314 e. The molecule has 0 amide bonds. The van der Waals surface area contributed by atoms with E-state index in [2.05, 4.69) is 19.2 Å². The van der Waals surface area contributed by atoms with Crippen molar-refractivity contribution in [2.24, 2.45) is 0 Å². The van der Waals surface area contributed by atoms with E-state index >= 15 is 0 Å². The third-order valence-electron chi connectivity index (χ3n) is 2.91. The highest BCUT2D eigenvalue weighted by atomic mass is 32.2. The molecular weight excluding hydrogens is 224 g/mol. The van der Waals surface area contributed by atoms with E-state index < -0.39 is 10.0 Å². The van der Waals surface area contributed by atoms with Gasteiger partial charge < -0.3 is 5.32 Å². The molecule has 0 unspecified atom stereocenters. The van der Waals surface area contributed by atoms with Crippen LogP contribution in [0.2, 0.25) is 0 Å². The molecule has 0 bridgehead atoms. The number of nitrogens with one attached hydrogen (secondary N) is 1. The van der Waals surface area contributed by atoms with Crippen molar-refractivity contribution in [3.05, 3.63) is 0 Å². The molecule has 0 aromatic carbocycles. The van der Waals surface area contributed by atoms with Crippen molar-refractivity contribution in [1.29, 1.82) is 0 Å². The molecule has 4 nitrogen and oxygen atoms in total. The molecule has 0 aromatic heterocycles. The number of nitrogens with zero attached hydrogens (tertiary/aromatic N) is 1. The summed E-state index contributed by atoms with van der Waals surface area (Å²) >= 11 is 0. The SMILES string of the molecule is CCC(CC)NCCCN(C)S(=O)(=O)CC. The summed E-state index contributed by atoms with van der Waals surface area (Å²) in [5.74, 6) is 0.184. The molecule has 0 rings (SSSR count). The molecule has 98 valence electrons. The van der Waals surface area contributed by atoms with Crippen LogP contribution in [-0.2, 0) is 10.0 Å². The predicted molar refractivity (Wildman–Crippen MR) is 69.1 cm³/mol. The van der Waals surface area contributed by atoms with Crippen molar-refractivity contribution in [3.8, 4) is 0 Å². The van der Waals surface area contributed by atoms with Crippen LogP contribution in [0.15, 0.2) is 0 Å². The highest BCUT2D eigenvalue weighted by molar-refractivity contribution is 7.89. The number of hydrogen-bond donors (Lipinski definition) is 1. The fourth-order valence-electron chi connectivity index (χ4n) is 1.54. The Kier molecular flexibility index (Phi) is 7.97. The Morgan fingerprint density at radius 2 is 1.75 bits per heavy atom. The van der Waals surface area contributed by atoms with Gasteiger partial charge in [0.15, 0.2) is 0 Å². The summed E-state index contributed by atoms with van der Waals surface area (Å²) in [7, 11) is -1.36. The van der Waals surface area contributed by atoms with Crippen molar-refractivity contribution in [2.45, 2.75) is 46.1 Å². The van der Waals surface area contributed by atoms with Gasteiger partial charge in [0.25, 0.3) is 0 Å². The van der Waals surface area contributed by atoms with Gasteiger partial charge in [-0.25, -0.2) is 12.7 Å². The summed E-state index contributed by atoms with van der Waals surface area (Å²) in [4.78, 5) is 0. The first-order valence-electron chi connectivity index (χ1n) is 6.15. The molecule has 16 heavy (non-hydrogen) atoms. The molecule has 0 atom stereocenters. The summed E-state index contributed by atoms with van der Waals surface area (Å²) in [6.07, 6.45) is 3.12. The third kappa shape index (κ3) is 5.82. The zero-order chi connectivity index (χ0) is 12.6. The van der Waals surface area contributed by atoms with Crippen molar-refractivity contribution in [1.82, 2.24) is 9.62 Å². The molecule has 5 heteroatoms. The Bertz CT molecular complexity index is 261. The Labute approximate surface area is 100 Å². The maximum atomic E-state index is 11.4. The van der Waals surface area contributed by atoms with Gasteiger partial charge in [0.1, 0.15) is 0 Å². The maximum absolute atomic E-state index is 11.4. The predicted octanol–water partition coefficient (Wildman–Crippen LogP) is 1.44. The fourth-order valence-corrected chi connectivity index (χ4v) is 2.39. The van der Waals surface area contributed by atoms with Gasteiger partial charge in [0.2, 0.25) is 10.0 Å². The van der Waals surface area contributed by atoms with Crippen molar-refractivity contribution < 1.29 is 8.42 Å². The summed E-state index contributed by atoms with van der Waals surface area (Å²) in [6.45, 7) is 7.48. The van der Waals surface area contributed by atoms with Gasteiger partial charge >= 0.3 is 0 Å². The minimum absolute atomic E-state index is 0.184. The smallest absolute Gasteiger partial charge is 0.213 e. The van der Waals surface area contributed by atoms with Crippen molar-refractivity contribution in [2.75, 3.05) is 25.9 Å². The van der Waals surface area contributed by atoms with Crippen LogP contribution >= 0.6 is 0 Å². The van der Waals surface area contributed by atoms with Gasteiger partial charge in [-0.2, -0.15) is 0 Å². The van der Waals surface area contributed by atoms with Crippen LogP contribution in [0.1, 0.15) is 40.0 Å². The first-order valence-corrected chi connectivity index (χ1v) is 7.76. The minimum atomic E-state index is -3.00. The Morgan fingerprint density at radius 1 is 1.19 bits per heavy atom. The number of hydrogen-bond acceptors (Lipinski definition) is 3. The molecule has 1 N–H and O–H groups in total. The largest absolute Gasteiger partial charge is 0.314 e. The highest BCUT2D eigenvalue weighted by Crippen LogP contribution is 2.00. The second-order valence-corrected chi connectivity index (χ2v) is 6.41. The molecular formula is C11H26N2O2S. The first kappa shape index (κ1) is 15.9. The highest BCUT2D eigenvalue weighted by Gasteiger charge is 2.13. The molecule has 0 saturated heterocycles. The molecule has 0 saturated carbocycles. The van der Waals surface area contributed by atoms with Crippen molar-refractivity contribution >= 4 is 10.0 Å². The average molecular weight is 250 g/mol. The van der Waals surface area contributed by atoms with E-state index in [0.717, 1.165) is 25.8 Å². The molecule has 0 aliphatic heterocycles. The molecule has 0 spiro atoms. The molecule has 0 aliphatic carbocycles. The lowest BCUT2D eigenvalue weighted by molar-refractivity contribution is 0.430. The van der Waals surface area contributed by atoms with Gasteiger partial charge in [0.05, 0.1) is 5.75 Å². The Balaban J connectivity index is 3.75. The van der Waals surface area contributed by atoms with E-state index in [4.69, 9.17) is 0 Å². The van der Waals surface area contributed by atoms with Crippen LogP contribution < -0.4 is 5.32 Å². The first-order chi connectivity index (χ1) is 7.47. The van der Waals surface area contributed by atoms with Crippen LogP contribution in [0, 0.1) is 0 Å². The monoisotopic (exact) mass is 250 g/mol. The quantitative estimate of drug-likeness (QED) is 0.630. The maximum Gasteiger partial charge on any atom is 0.213 e. The Hall–Kier alpha value is -0.130. The molecule has 0 aromatic rings. The second-order valence-electron chi connectivity index (χ2n) is 4.04. The lowest BCUT2D eigenvalue weighted by Gasteiger charge is -2.18. The zero-order valence-electron chi connectivity index (χ0n) is 11.0. The topological polar surface area (TPSA) is 49.4 Å². The van der Waals surface area contributed by atoms with Gasteiger partial charge in [0, 0.05) is 19.6 Å². The van der Waals surface area contributed by atoms with Crippen molar-refractivity contribution in [3.63, 3.8) is 0 Å². The Morgan fingerprint density at radius 3 is 2.19 bits per heavy atom. The fraction of sp³-hybridized carbons (Fsp3) is 1.00. The van der Waals surface area contributed by atoms with Gasteiger partial charge in [-0.15, -0.1) is 0 Å². The number of sulfonamides is 1. The summed E-state index contributed by atoms with van der Waals surface area (Å²) in [5, 5.41) is 3.42. The molecule has 0 heterocycles. The molecule has 0 radical (unpaired) electrons. The lowest BCUT2D eigenvalue weighted by Crippen LogP contribution is -2.33. The standard InChI is InChI=1S/C11H26N2O2S/c1-5-11(6-2)12-9-8-10-13(4)16(14,15)7-3/h11-12H,5-10H2,1-4H3. The van der Waals surface area contributed by atoms with Crippen LogP contribution in [0.4, 0.5) is 0 Å². The van der Waals surface area contributed by atoms with E-state index in [1.807, 2.05) is 0 Å². The van der Waals surface area contributed by atoms with Gasteiger partial charge in [-0.05, 0) is 32.7 Å². The van der Waals surface area contributed by atoms with Gasteiger partial charge in [-0.1, -0.05) is 13.8 Å². The zero-order valence-corrected chi connectivity index (χ0v) is 11.8. The van der Waals surface area contributed by atoms with E-state index in [0.29, 0.717) is 12.6 Å². The average Bonchev–Trinajstić information content (AvgIpc) is 2.29. The van der Waals surface area contributed by atoms with Crippen LogP contribution in [-0.4, -0.2) is 44.7 Å². The van der Waals surface area contributed by atoms with Crippen LogP contribution in [0.25, 0.3) is 0 Å². The van der Waals surface area contributed by atoms with E-state index in [9.17, 15) is 8.42 Å². The molecule has 0 fully saturated rings. The second kappa shape index (κ2) is 8.03. The lowest BCUT2D eigenvalue weighted by atomic mass is 10.2. The van der Waals surface area contributed by atoms with Crippen LogP contribution in [0.5, 0.6) is 0 Å². The number of rotatable bonds is 9. The summed E-state index contributed by atoms with van der Waals surface area (Å²) < 4.78 is 24.3.